The molecule has 0 heterocycles. The number of hydrogen-bond donors (Lipinski definition) is 1. The van der Waals surface area contributed by atoms with Crippen molar-refractivity contribution >= 4 is 0 Å². The minimum absolute atomic E-state index is 0.710. The normalized spacial score (nSPS) is 10.4. The highest BCUT2D eigenvalue weighted by Crippen LogP contribution is 2.09. The van der Waals surface area contributed by atoms with Crippen molar-refractivity contribution in [3.63, 3.8) is 0 Å². The van der Waals surface area contributed by atoms with Gasteiger partial charge in [0.2, 0.25) is 0 Å². The molecule has 0 fully saturated rings. The van der Waals surface area contributed by atoms with Crippen molar-refractivity contribution in [1.82, 2.24) is 5.32 Å². The summed E-state index contributed by atoms with van der Waals surface area (Å²) < 4.78 is 5.30. The fourth-order valence-corrected chi connectivity index (χ4v) is 2.08. The Morgan fingerprint density at radius 2 is 1.83 bits per heavy atom. The first-order valence-corrected chi connectivity index (χ1v) is 6.70. The van der Waals surface area contributed by atoms with E-state index in [0.717, 1.165) is 31.7 Å². The van der Waals surface area contributed by atoms with Crippen LogP contribution in [-0.4, -0.2) is 19.7 Å². The van der Waals surface area contributed by atoms with Crippen LogP contribution in [-0.2, 0) is 11.2 Å². The quantitative estimate of drug-likeness (QED) is 0.562. The summed E-state index contributed by atoms with van der Waals surface area (Å²) in [6.07, 6.45) is 1.96. The van der Waals surface area contributed by atoms with Crippen LogP contribution in [0.15, 0.2) is 30.5 Å². The molecule has 18 heavy (non-hydrogen) atoms. The molecule has 1 rings (SSSR count). The number of nitrogens with one attached hydrogen (secondary N) is 1. The topological polar surface area (TPSA) is 21.3 Å². The zero-order valence-electron chi connectivity index (χ0n) is 11.9. The second-order valence-electron chi connectivity index (χ2n) is 4.72. The van der Waals surface area contributed by atoms with Gasteiger partial charge >= 0.3 is 0 Å². The summed E-state index contributed by atoms with van der Waals surface area (Å²) in [5.74, 6) is 0.872. The van der Waals surface area contributed by atoms with Crippen molar-refractivity contribution in [3.8, 4) is 0 Å². The monoisotopic (exact) mass is 247 g/mol. The fourth-order valence-electron chi connectivity index (χ4n) is 2.08. The predicted molar refractivity (Wildman–Crippen MR) is 77.9 cm³/mol. The summed E-state index contributed by atoms with van der Waals surface area (Å²) in [7, 11) is 0. The minimum Gasteiger partial charge on any atom is -0.499 e. The van der Waals surface area contributed by atoms with Gasteiger partial charge < -0.3 is 10.1 Å². The zero-order valence-corrected chi connectivity index (χ0v) is 11.9. The maximum absolute atomic E-state index is 5.30. The summed E-state index contributed by atoms with van der Waals surface area (Å²) in [4.78, 5) is 0. The Labute approximate surface area is 111 Å². The molecule has 0 atom stereocenters. The second kappa shape index (κ2) is 7.93. The molecule has 0 radical (unpaired) electrons. The molecule has 0 amide bonds. The number of hydrogen-bond acceptors (Lipinski definition) is 2. The van der Waals surface area contributed by atoms with Crippen LogP contribution in [0.5, 0.6) is 0 Å². The molecule has 0 aliphatic heterocycles. The summed E-state index contributed by atoms with van der Waals surface area (Å²) in [5, 5.41) is 3.42. The van der Waals surface area contributed by atoms with Crippen LogP contribution < -0.4 is 5.32 Å². The average molecular weight is 247 g/mol. The Balaban J connectivity index is 2.19. The van der Waals surface area contributed by atoms with Crippen LogP contribution >= 0.6 is 0 Å². The maximum Gasteiger partial charge on any atom is 0.0900 e. The lowest BCUT2D eigenvalue weighted by molar-refractivity contribution is 0.219. The van der Waals surface area contributed by atoms with E-state index in [9.17, 15) is 0 Å². The Hall–Kier alpha value is -1.28. The van der Waals surface area contributed by atoms with Gasteiger partial charge in [0.1, 0.15) is 0 Å². The first-order chi connectivity index (χ1) is 8.61. The molecule has 2 nitrogen and oxygen atoms in total. The highest BCUT2D eigenvalue weighted by atomic mass is 16.5. The van der Waals surface area contributed by atoms with Gasteiger partial charge in [0, 0.05) is 13.0 Å². The molecule has 0 saturated carbocycles. The Morgan fingerprint density at radius 3 is 2.44 bits per heavy atom. The number of benzene rings is 1. The van der Waals surface area contributed by atoms with Gasteiger partial charge in [-0.25, -0.2) is 0 Å². The second-order valence-corrected chi connectivity index (χ2v) is 4.72. The average Bonchev–Trinajstić information content (AvgIpc) is 2.27. The molecule has 1 aromatic rings. The standard InChI is InChI=1S/C16H25NO/c1-5-18-15(4)6-8-17-9-7-16-11-13(2)10-14(3)12-16/h10-12,17H,4-9H2,1-3H3. The third-order valence-electron chi connectivity index (χ3n) is 2.80. The highest BCUT2D eigenvalue weighted by molar-refractivity contribution is 5.28. The molecule has 0 aliphatic carbocycles. The van der Waals surface area contributed by atoms with E-state index in [1.165, 1.54) is 16.7 Å². The van der Waals surface area contributed by atoms with Crippen LogP contribution in [0, 0.1) is 13.8 Å². The predicted octanol–water partition coefficient (Wildman–Crippen LogP) is 3.38. The third-order valence-corrected chi connectivity index (χ3v) is 2.80. The van der Waals surface area contributed by atoms with E-state index < -0.39 is 0 Å². The first-order valence-electron chi connectivity index (χ1n) is 6.70. The smallest absolute Gasteiger partial charge is 0.0900 e. The van der Waals surface area contributed by atoms with E-state index in [-0.39, 0.29) is 0 Å². The van der Waals surface area contributed by atoms with Crippen molar-refractivity contribution in [2.45, 2.75) is 33.6 Å². The van der Waals surface area contributed by atoms with Crippen LogP contribution in [0.3, 0.4) is 0 Å². The van der Waals surface area contributed by atoms with Crippen LogP contribution in [0.2, 0.25) is 0 Å². The van der Waals surface area contributed by atoms with E-state index >= 15 is 0 Å². The van der Waals surface area contributed by atoms with Crippen molar-refractivity contribution < 1.29 is 4.74 Å². The molecule has 0 spiro atoms. The number of ether oxygens (including phenoxy) is 1. The Bertz CT molecular complexity index is 364. The van der Waals surface area contributed by atoms with Gasteiger partial charge in [0.05, 0.1) is 12.4 Å². The zero-order chi connectivity index (χ0) is 13.4. The Morgan fingerprint density at radius 1 is 1.17 bits per heavy atom. The van der Waals surface area contributed by atoms with Gasteiger partial charge in [0.25, 0.3) is 0 Å². The van der Waals surface area contributed by atoms with E-state index in [2.05, 4.69) is 43.9 Å². The lowest BCUT2D eigenvalue weighted by Crippen LogP contribution is -2.19. The van der Waals surface area contributed by atoms with Crippen molar-refractivity contribution in [2.75, 3.05) is 19.7 Å². The molecular weight excluding hydrogens is 222 g/mol. The molecule has 0 saturated heterocycles. The van der Waals surface area contributed by atoms with E-state index in [1.807, 2.05) is 6.92 Å². The number of aryl methyl sites for hydroxylation is 2. The van der Waals surface area contributed by atoms with Crippen molar-refractivity contribution in [1.29, 1.82) is 0 Å². The van der Waals surface area contributed by atoms with Crippen LogP contribution in [0.4, 0.5) is 0 Å². The maximum atomic E-state index is 5.30. The van der Waals surface area contributed by atoms with Crippen molar-refractivity contribution in [2.24, 2.45) is 0 Å². The van der Waals surface area contributed by atoms with Gasteiger partial charge in [0.15, 0.2) is 0 Å². The van der Waals surface area contributed by atoms with Crippen LogP contribution in [0.25, 0.3) is 0 Å². The molecule has 100 valence electrons. The SMILES string of the molecule is C=C(CCNCCc1cc(C)cc(C)c1)OCC. The fraction of sp³-hybridized carbons (Fsp3) is 0.500. The first kappa shape index (κ1) is 14.8. The molecule has 0 aromatic heterocycles. The summed E-state index contributed by atoms with van der Waals surface area (Å²) in [6.45, 7) is 12.8. The summed E-state index contributed by atoms with van der Waals surface area (Å²) >= 11 is 0. The number of rotatable bonds is 8. The van der Waals surface area contributed by atoms with Gasteiger partial charge in [-0.1, -0.05) is 35.9 Å². The molecule has 0 unspecified atom stereocenters. The Kier molecular flexibility index (Phi) is 6.51. The molecule has 0 aliphatic rings. The molecule has 0 bridgehead atoms. The minimum atomic E-state index is 0.710. The van der Waals surface area contributed by atoms with E-state index in [4.69, 9.17) is 4.74 Å². The van der Waals surface area contributed by atoms with Gasteiger partial charge in [-0.3, -0.25) is 0 Å². The van der Waals surface area contributed by atoms with Gasteiger partial charge in [-0.15, -0.1) is 0 Å². The lowest BCUT2D eigenvalue weighted by atomic mass is 10.1. The third kappa shape index (κ3) is 5.87. The molecular formula is C16H25NO. The largest absolute Gasteiger partial charge is 0.499 e. The molecule has 1 N–H and O–H groups in total. The van der Waals surface area contributed by atoms with E-state index in [0.29, 0.717) is 6.61 Å². The summed E-state index contributed by atoms with van der Waals surface area (Å²) in [5.41, 5.74) is 4.09. The molecule has 2 heteroatoms. The lowest BCUT2D eigenvalue weighted by Gasteiger charge is -2.09. The van der Waals surface area contributed by atoms with Crippen LogP contribution in [0.1, 0.15) is 30.0 Å². The molecule has 1 aromatic carbocycles. The van der Waals surface area contributed by atoms with Crippen molar-refractivity contribution in [3.05, 3.63) is 47.2 Å². The van der Waals surface area contributed by atoms with Gasteiger partial charge in [-0.2, -0.15) is 0 Å². The highest BCUT2D eigenvalue weighted by Gasteiger charge is 1.97. The summed E-state index contributed by atoms with van der Waals surface area (Å²) in [6, 6.07) is 6.73. The van der Waals surface area contributed by atoms with E-state index in [1.54, 1.807) is 0 Å². The van der Waals surface area contributed by atoms with Gasteiger partial charge in [-0.05, 0) is 39.3 Å².